The van der Waals surface area contributed by atoms with Gasteiger partial charge in [-0.3, -0.25) is 13.9 Å². The number of fused-ring (bicyclic) bond motifs is 1. The maximum Gasteiger partial charge on any atom is 0.332 e. The summed E-state index contributed by atoms with van der Waals surface area (Å²) in [6.45, 7) is 2.97. The van der Waals surface area contributed by atoms with Crippen molar-refractivity contribution in [3.05, 3.63) is 51.2 Å². The highest BCUT2D eigenvalue weighted by atomic mass is 16.5. The van der Waals surface area contributed by atoms with Crippen LogP contribution in [-0.4, -0.2) is 38.4 Å². The molecule has 30 heavy (non-hydrogen) atoms. The molecule has 0 radical (unpaired) electrons. The molecule has 0 amide bonds. The van der Waals surface area contributed by atoms with Crippen LogP contribution in [0.25, 0.3) is 11.2 Å². The zero-order valence-electron chi connectivity index (χ0n) is 17.7. The maximum atomic E-state index is 13.0. The molecule has 0 N–H and O–H groups in total. The second-order valence-corrected chi connectivity index (χ2v) is 7.86. The van der Waals surface area contributed by atoms with Gasteiger partial charge in [-0.15, -0.1) is 0 Å². The average Bonchev–Trinajstić information content (AvgIpc) is 2.94. The SMILES string of the molecule is Cn1c(=O)c2c(nc(N3CCCCCC3)n2CCCOc2ccccc2)n(C)c1=O. The van der Waals surface area contributed by atoms with Gasteiger partial charge in [-0.1, -0.05) is 31.0 Å². The zero-order valence-corrected chi connectivity index (χ0v) is 17.7. The van der Waals surface area contributed by atoms with E-state index in [1.54, 1.807) is 7.05 Å². The predicted octanol–water partition coefficient (Wildman–Crippen LogP) is 2.28. The van der Waals surface area contributed by atoms with Crippen molar-refractivity contribution < 1.29 is 4.74 Å². The first-order chi connectivity index (χ1) is 14.6. The molecular weight excluding hydrogens is 382 g/mol. The van der Waals surface area contributed by atoms with Gasteiger partial charge in [0.15, 0.2) is 11.2 Å². The summed E-state index contributed by atoms with van der Waals surface area (Å²) in [6.07, 6.45) is 5.37. The Balaban J connectivity index is 1.68. The maximum absolute atomic E-state index is 13.0. The van der Waals surface area contributed by atoms with Crippen molar-refractivity contribution in [2.45, 2.75) is 38.6 Å². The van der Waals surface area contributed by atoms with Gasteiger partial charge in [-0.25, -0.2) is 4.79 Å². The topological polar surface area (TPSA) is 74.3 Å². The van der Waals surface area contributed by atoms with Crippen LogP contribution in [0.15, 0.2) is 39.9 Å². The molecule has 3 heterocycles. The molecule has 8 heteroatoms. The number of aromatic nitrogens is 4. The molecule has 1 fully saturated rings. The second-order valence-electron chi connectivity index (χ2n) is 7.86. The van der Waals surface area contributed by atoms with Gasteiger partial charge in [0.1, 0.15) is 5.75 Å². The largest absolute Gasteiger partial charge is 0.494 e. The number of imidazole rings is 1. The van der Waals surface area contributed by atoms with Crippen molar-refractivity contribution in [2.24, 2.45) is 14.1 Å². The Morgan fingerprint density at radius 2 is 1.67 bits per heavy atom. The minimum absolute atomic E-state index is 0.300. The van der Waals surface area contributed by atoms with Crippen molar-refractivity contribution >= 4 is 17.1 Å². The molecule has 1 saturated heterocycles. The Kier molecular flexibility index (Phi) is 5.92. The van der Waals surface area contributed by atoms with E-state index in [9.17, 15) is 9.59 Å². The molecule has 0 saturated carbocycles. The van der Waals surface area contributed by atoms with E-state index >= 15 is 0 Å². The fourth-order valence-corrected chi connectivity index (χ4v) is 4.09. The smallest absolute Gasteiger partial charge is 0.332 e. The van der Waals surface area contributed by atoms with E-state index in [0.717, 1.165) is 48.6 Å². The summed E-state index contributed by atoms with van der Waals surface area (Å²) in [5.41, 5.74) is 0.280. The highest BCUT2D eigenvalue weighted by Gasteiger charge is 2.23. The molecule has 1 aliphatic heterocycles. The van der Waals surface area contributed by atoms with E-state index in [1.165, 1.54) is 24.5 Å². The molecule has 1 aliphatic rings. The van der Waals surface area contributed by atoms with Crippen molar-refractivity contribution in [1.29, 1.82) is 0 Å². The molecule has 4 rings (SSSR count). The minimum atomic E-state index is -0.355. The number of benzene rings is 1. The van der Waals surface area contributed by atoms with Crippen LogP contribution in [-0.2, 0) is 20.6 Å². The van der Waals surface area contributed by atoms with E-state index < -0.39 is 0 Å². The van der Waals surface area contributed by atoms with E-state index in [4.69, 9.17) is 9.72 Å². The van der Waals surface area contributed by atoms with Crippen LogP contribution in [0.3, 0.4) is 0 Å². The molecule has 0 bridgehead atoms. The number of nitrogens with zero attached hydrogens (tertiary/aromatic N) is 5. The van der Waals surface area contributed by atoms with Crippen LogP contribution >= 0.6 is 0 Å². The van der Waals surface area contributed by atoms with E-state index in [1.807, 2.05) is 34.9 Å². The van der Waals surface area contributed by atoms with Gasteiger partial charge in [0.25, 0.3) is 5.56 Å². The first-order valence-corrected chi connectivity index (χ1v) is 10.7. The lowest BCUT2D eigenvalue weighted by Gasteiger charge is -2.22. The monoisotopic (exact) mass is 411 g/mol. The number of rotatable bonds is 6. The Morgan fingerprint density at radius 1 is 0.967 bits per heavy atom. The number of anilines is 1. The molecule has 3 aromatic rings. The molecule has 8 nitrogen and oxygen atoms in total. The summed E-state index contributed by atoms with van der Waals surface area (Å²) in [5, 5.41) is 0. The number of aryl methyl sites for hydroxylation is 2. The van der Waals surface area contributed by atoms with Crippen LogP contribution < -0.4 is 20.9 Å². The lowest BCUT2D eigenvalue weighted by molar-refractivity contribution is 0.302. The van der Waals surface area contributed by atoms with Crippen molar-refractivity contribution in [3.63, 3.8) is 0 Å². The predicted molar refractivity (Wildman–Crippen MR) is 117 cm³/mol. The fraction of sp³-hybridized carbons (Fsp3) is 0.500. The van der Waals surface area contributed by atoms with E-state index in [2.05, 4.69) is 4.90 Å². The molecule has 2 aromatic heterocycles. The molecule has 160 valence electrons. The highest BCUT2D eigenvalue weighted by molar-refractivity contribution is 5.74. The Labute approximate surface area is 175 Å². The van der Waals surface area contributed by atoms with Crippen LogP contribution in [0.1, 0.15) is 32.1 Å². The normalized spacial score (nSPS) is 14.8. The third kappa shape index (κ3) is 3.86. The summed E-state index contributed by atoms with van der Waals surface area (Å²) in [6, 6.07) is 9.71. The fourth-order valence-electron chi connectivity index (χ4n) is 4.09. The minimum Gasteiger partial charge on any atom is -0.494 e. The number of ether oxygens (including phenoxy) is 1. The summed E-state index contributed by atoms with van der Waals surface area (Å²) in [7, 11) is 3.19. The van der Waals surface area contributed by atoms with Crippen molar-refractivity contribution in [1.82, 2.24) is 18.7 Å². The quantitative estimate of drug-likeness (QED) is 0.582. The summed E-state index contributed by atoms with van der Waals surface area (Å²) >= 11 is 0. The second kappa shape index (κ2) is 8.77. The Hall–Kier alpha value is -3.03. The third-order valence-electron chi connectivity index (χ3n) is 5.75. The lowest BCUT2D eigenvalue weighted by Crippen LogP contribution is -2.37. The van der Waals surface area contributed by atoms with Crippen LogP contribution in [0.4, 0.5) is 5.95 Å². The molecule has 0 aliphatic carbocycles. The number of hydrogen-bond donors (Lipinski definition) is 0. The number of hydrogen-bond acceptors (Lipinski definition) is 5. The Bertz CT molecular complexity index is 1120. The molecule has 0 unspecified atom stereocenters. The molecular formula is C22H29N5O3. The van der Waals surface area contributed by atoms with Gasteiger partial charge in [-0.2, -0.15) is 4.98 Å². The van der Waals surface area contributed by atoms with Gasteiger partial charge >= 0.3 is 5.69 Å². The zero-order chi connectivity index (χ0) is 21.1. The molecule has 1 aromatic carbocycles. The first kappa shape index (κ1) is 20.3. The summed E-state index contributed by atoms with van der Waals surface area (Å²) in [5.74, 6) is 1.61. The third-order valence-corrected chi connectivity index (χ3v) is 5.75. The molecule has 0 spiro atoms. The van der Waals surface area contributed by atoms with Gasteiger partial charge in [0, 0.05) is 33.7 Å². The first-order valence-electron chi connectivity index (χ1n) is 10.7. The van der Waals surface area contributed by atoms with Crippen LogP contribution in [0.2, 0.25) is 0 Å². The number of para-hydroxylation sites is 1. The summed E-state index contributed by atoms with van der Waals surface area (Å²) < 4.78 is 10.4. The Morgan fingerprint density at radius 3 is 2.37 bits per heavy atom. The standard InChI is InChI=1S/C22H29N5O3/c1-24-19-18(20(28)25(2)22(24)29)27(15-10-16-30-17-11-6-5-7-12-17)21(23-19)26-13-8-3-4-9-14-26/h5-7,11-12H,3-4,8-10,13-16H2,1-2H3. The van der Waals surface area contributed by atoms with Crippen molar-refractivity contribution in [3.8, 4) is 5.75 Å². The molecule has 0 atom stereocenters. The van der Waals surface area contributed by atoms with Crippen molar-refractivity contribution in [2.75, 3.05) is 24.6 Å². The van der Waals surface area contributed by atoms with Gasteiger partial charge < -0.3 is 14.2 Å². The lowest BCUT2D eigenvalue weighted by atomic mass is 10.2. The van der Waals surface area contributed by atoms with E-state index in [-0.39, 0.29) is 11.2 Å². The average molecular weight is 412 g/mol. The van der Waals surface area contributed by atoms with Crippen LogP contribution in [0, 0.1) is 0 Å². The van der Waals surface area contributed by atoms with Gasteiger partial charge in [0.05, 0.1) is 6.61 Å². The van der Waals surface area contributed by atoms with Gasteiger partial charge in [0.2, 0.25) is 5.95 Å². The van der Waals surface area contributed by atoms with Gasteiger partial charge in [-0.05, 0) is 31.4 Å². The van der Waals surface area contributed by atoms with E-state index in [0.29, 0.717) is 24.3 Å². The van der Waals surface area contributed by atoms with Crippen LogP contribution in [0.5, 0.6) is 5.75 Å². The highest BCUT2D eigenvalue weighted by Crippen LogP contribution is 2.23. The summed E-state index contributed by atoms with van der Waals surface area (Å²) in [4.78, 5) is 32.4.